The largest absolute Gasteiger partial charge is 0.311 e. The molecule has 0 N–H and O–H groups in total. The van der Waals surface area contributed by atoms with Gasteiger partial charge in [-0.2, -0.15) is 4.31 Å². The van der Waals surface area contributed by atoms with Gasteiger partial charge in [0, 0.05) is 37.4 Å². The van der Waals surface area contributed by atoms with Crippen molar-refractivity contribution in [1.82, 2.24) is 19.1 Å². The molecule has 2 aliphatic heterocycles. The maximum Gasteiger partial charge on any atom is 0.243 e. The molecule has 0 spiro atoms. The number of nitrogens with zero attached hydrogens (tertiary/aromatic N) is 5. The number of hydrogen-bond acceptors (Lipinski definition) is 6. The molecule has 36 heavy (non-hydrogen) atoms. The summed E-state index contributed by atoms with van der Waals surface area (Å²) in [5.41, 5.74) is 3.02. The average molecular weight is 526 g/mol. The second-order valence-corrected chi connectivity index (χ2v) is 12.0. The lowest BCUT2D eigenvalue weighted by atomic mass is 10.0. The number of fused-ring (bicyclic) bond motifs is 1. The Morgan fingerprint density at radius 2 is 1.69 bits per heavy atom. The molecule has 10 heteroatoms. The third kappa shape index (κ3) is 4.94. The quantitative estimate of drug-likeness (QED) is 0.430. The van der Waals surface area contributed by atoms with E-state index in [0.29, 0.717) is 35.5 Å². The summed E-state index contributed by atoms with van der Waals surface area (Å²) in [6.07, 6.45) is 4.86. The predicted octanol–water partition coefficient (Wildman–Crippen LogP) is 4.21. The molecule has 1 aromatic heterocycles. The minimum Gasteiger partial charge on any atom is -0.311 e. The van der Waals surface area contributed by atoms with Gasteiger partial charge in [0.2, 0.25) is 15.9 Å². The molecule has 0 bridgehead atoms. The van der Waals surface area contributed by atoms with Crippen LogP contribution in [0.5, 0.6) is 0 Å². The van der Waals surface area contributed by atoms with Crippen LogP contribution in [0.2, 0.25) is 0 Å². The van der Waals surface area contributed by atoms with Gasteiger partial charge in [-0.15, -0.1) is 10.2 Å². The van der Waals surface area contributed by atoms with E-state index in [2.05, 4.69) is 16.3 Å². The van der Waals surface area contributed by atoms with Crippen molar-refractivity contribution in [2.75, 3.05) is 30.3 Å². The van der Waals surface area contributed by atoms with Crippen LogP contribution in [-0.2, 0) is 27.8 Å². The van der Waals surface area contributed by atoms with E-state index in [-0.39, 0.29) is 11.7 Å². The maximum absolute atomic E-state index is 13.1. The third-order valence-corrected chi connectivity index (χ3v) is 9.70. The second-order valence-electron chi connectivity index (χ2n) is 9.11. The number of aromatic nitrogens is 3. The van der Waals surface area contributed by atoms with E-state index >= 15 is 0 Å². The molecular weight excluding hydrogens is 494 g/mol. The van der Waals surface area contributed by atoms with Crippen LogP contribution < -0.4 is 4.90 Å². The van der Waals surface area contributed by atoms with Crippen LogP contribution in [0, 0.1) is 0 Å². The number of carbonyl (C=O) groups is 1. The molecule has 1 saturated heterocycles. The summed E-state index contributed by atoms with van der Waals surface area (Å²) in [6.45, 7) is 4.54. The van der Waals surface area contributed by atoms with Crippen LogP contribution in [0.15, 0.2) is 58.6 Å². The summed E-state index contributed by atoms with van der Waals surface area (Å²) >= 11 is 1.39. The molecule has 5 rings (SSSR count). The van der Waals surface area contributed by atoms with Gasteiger partial charge in [0.05, 0.1) is 10.6 Å². The molecule has 1 amide bonds. The Labute approximate surface area is 216 Å². The van der Waals surface area contributed by atoms with Gasteiger partial charge < -0.3 is 9.47 Å². The molecule has 3 aromatic rings. The highest BCUT2D eigenvalue weighted by Gasteiger charge is 2.26. The second kappa shape index (κ2) is 10.7. The smallest absolute Gasteiger partial charge is 0.243 e. The van der Waals surface area contributed by atoms with Crippen LogP contribution >= 0.6 is 11.8 Å². The normalized spacial score (nSPS) is 16.6. The Bertz CT molecular complexity index is 1330. The van der Waals surface area contributed by atoms with Crippen molar-refractivity contribution < 1.29 is 13.2 Å². The summed E-state index contributed by atoms with van der Waals surface area (Å²) in [5.74, 6) is 1.00. The Hall–Kier alpha value is -2.69. The van der Waals surface area contributed by atoms with Crippen molar-refractivity contribution in [3.63, 3.8) is 0 Å². The van der Waals surface area contributed by atoms with E-state index in [1.807, 2.05) is 34.6 Å². The number of aryl methyl sites for hydroxylation is 1. The number of rotatable bonds is 7. The Balaban J connectivity index is 1.30. The van der Waals surface area contributed by atoms with Gasteiger partial charge in [-0.25, -0.2) is 8.42 Å². The number of piperidine rings is 1. The highest BCUT2D eigenvalue weighted by molar-refractivity contribution is 7.99. The topological polar surface area (TPSA) is 88.4 Å². The molecule has 0 aliphatic carbocycles. The first kappa shape index (κ1) is 25.0. The molecule has 2 aliphatic rings. The molecule has 8 nitrogen and oxygen atoms in total. The number of anilines is 1. The van der Waals surface area contributed by atoms with Gasteiger partial charge in [-0.3, -0.25) is 4.79 Å². The molecule has 2 aromatic carbocycles. The Morgan fingerprint density at radius 3 is 2.44 bits per heavy atom. The number of thioether (sulfide) groups is 1. The molecule has 1 fully saturated rings. The zero-order valence-corrected chi connectivity index (χ0v) is 22.1. The summed E-state index contributed by atoms with van der Waals surface area (Å²) in [6, 6.07) is 15.0. The van der Waals surface area contributed by atoms with Gasteiger partial charge in [0.15, 0.2) is 11.0 Å². The van der Waals surface area contributed by atoms with E-state index in [9.17, 15) is 13.2 Å². The van der Waals surface area contributed by atoms with Gasteiger partial charge in [0.1, 0.15) is 0 Å². The fourth-order valence-electron chi connectivity index (χ4n) is 4.92. The first-order valence-electron chi connectivity index (χ1n) is 12.5. The van der Waals surface area contributed by atoms with E-state index in [4.69, 9.17) is 0 Å². The van der Waals surface area contributed by atoms with Crippen molar-refractivity contribution in [3.8, 4) is 11.4 Å². The summed E-state index contributed by atoms with van der Waals surface area (Å²) < 4.78 is 29.5. The summed E-state index contributed by atoms with van der Waals surface area (Å²) in [4.78, 5) is 15.2. The number of carbonyl (C=O) groups excluding carboxylic acids is 1. The molecule has 190 valence electrons. The van der Waals surface area contributed by atoms with E-state index < -0.39 is 10.0 Å². The standard InChI is InChI=1S/C26H31N5O3S2/c1-2-30-25(21-12-14-22(15-13-21)36(33,34)29-16-6-3-7-17-29)27-28-26(30)35-19-24(32)31-18-8-10-20-9-4-5-11-23(20)31/h4-5,9,11-15H,2-3,6-8,10,16-19H2,1H3. The summed E-state index contributed by atoms with van der Waals surface area (Å²) in [7, 11) is -3.48. The van der Waals surface area contributed by atoms with Crippen LogP contribution in [0.4, 0.5) is 5.69 Å². The summed E-state index contributed by atoms with van der Waals surface area (Å²) in [5, 5.41) is 9.40. The molecular formula is C26H31N5O3S2. The lowest BCUT2D eigenvalue weighted by Crippen LogP contribution is -2.36. The zero-order valence-electron chi connectivity index (χ0n) is 20.5. The number of para-hydroxylation sites is 1. The first-order chi connectivity index (χ1) is 17.5. The molecule has 0 unspecified atom stereocenters. The van der Waals surface area contributed by atoms with Crippen molar-refractivity contribution in [2.24, 2.45) is 0 Å². The average Bonchev–Trinajstić information content (AvgIpc) is 3.35. The number of sulfonamides is 1. The van der Waals surface area contributed by atoms with Gasteiger partial charge >= 0.3 is 0 Å². The monoisotopic (exact) mass is 525 g/mol. The van der Waals surface area contributed by atoms with Crippen LogP contribution in [-0.4, -0.2) is 58.8 Å². The highest BCUT2D eigenvalue weighted by atomic mass is 32.2. The van der Waals surface area contributed by atoms with E-state index in [0.717, 1.165) is 49.9 Å². The molecule has 0 radical (unpaired) electrons. The number of hydrogen-bond donors (Lipinski definition) is 0. The van der Waals surface area contributed by atoms with Crippen LogP contribution in [0.3, 0.4) is 0 Å². The predicted molar refractivity (Wildman–Crippen MR) is 142 cm³/mol. The highest BCUT2D eigenvalue weighted by Crippen LogP contribution is 2.30. The Morgan fingerprint density at radius 1 is 0.944 bits per heavy atom. The minimum atomic E-state index is -3.48. The third-order valence-electron chi connectivity index (χ3n) is 6.83. The van der Waals surface area contributed by atoms with Crippen LogP contribution in [0.25, 0.3) is 11.4 Å². The molecule has 0 atom stereocenters. The van der Waals surface area contributed by atoms with E-state index in [1.165, 1.54) is 17.3 Å². The lowest BCUT2D eigenvalue weighted by molar-refractivity contribution is -0.116. The van der Waals surface area contributed by atoms with Crippen molar-refractivity contribution >= 4 is 33.4 Å². The fourth-order valence-corrected chi connectivity index (χ4v) is 7.32. The van der Waals surface area contributed by atoms with Crippen LogP contribution in [0.1, 0.15) is 38.2 Å². The van der Waals surface area contributed by atoms with Crippen molar-refractivity contribution in [2.45, 2.75) is 55.6 Å². The van der Waals surface area contributed by atoms with Crippen molar-refractivity contribution in [3.05, 3.63) is 54.1 Å². The minimum absolute atomic E-state index is 0.0617. The van der Waals surface area contributed by atoms with Gasteiger partial charge in [0.25, 0.3) is 0 Å². The molecule has 0 saturated carbocycles. The fraction of sp³-hybridized carbons (Fsp3) is 0.423. The first-order valence-corrected chi connectivity index (χ1v) is 15.0. The lowest BCUT2D eigenvalue weighted by Gasteiger charge is -2.29. The molecule has 3 heterocycles. The number of benzene rings is 2. The van der Waals surface area contributed by atoms with Gasteiger partial charge in [-0.1, -0.05) is 36.4 Å². The van der Waals surface area contributed by atoms with Crippen molar-refractivity contribution in [1.29, 1.82) is 0 Å². The Kier molecular flexibility index (Phi) is 7.45. The zero-order chi connectivity index (χ0) is 25.1. The van der Waals surface area contributed by atoms with E-state index in [1.54, 1.807) is 28.6 Å². The van der Waals surface area contributed by atoms with Gasteiger partial charge in [-0.05, 0) is 68.5 Å². The number of amides is 1. The maximum atomic E-state index is 13.1. The SMILES string of the molecule is CCn1c(SCC(=O)N2CCCc3ccccc32)nnc1-c1ccc(S(=O)(=O)N2CCCCC2)cc1.